The number of hydrogen-bond donors (Lipinski definition) is 0. The third kappa shape index (κ3) is 3.29. The number of halogens is 6. The molecule has 2 aromatic rings. The van der Waals surface area contributed by atoms with Crippen molar-refractivity contribution < 1.29 is 13.2 Å². The summed E-state index contributed by atoms with van der Waals surface area (Å²) in [5.74, 6) is -1.32. The van der Waals surface area contributed by atoms with Gasteiger partial charge in [0.2, 0.25) is 5.82 Å². The molecule has 0 radical (unpaired) electrons. The van der Waals surface area contributed by atoms with Gasteiger partial charge in [-0.3, -0.25) is 0 Å². The fraction of sp³-hybridized carbons (Fsp3) is 0.0909. The zero-order valence-corrected chi connectivity index (χ0v) is 11.2. The summed E-state index contributed by atoms with van der Waals surface area (Å²) in [5, 5.41) is 0.226. The Bertz CT molecular complexity index is 629. The summed E-state index contributed by atoms with van der Waals surface area (Å²) < 4.78 is 37.8. The fourth-order valence-corrected chi connectivity index (χ4v) is 2.07. The molecule has 0 aliphatic heterocycles. The second kappa shape index (κ2) is 5.15. The molecule has 2 rings (SSSR count). The van der Waals surface area contributed by atoms with Gasteiger partial charge in [-0.1, -0.05) is 34.8 Å². The minimum absolute atomic E-state index is 0.0195. The van der Waals surface area contributed by atoms with Crippen LogP contribution in [0.2, 0.25) is 15.2 Å². The van der Waals surface area contributed by atoms with Crippen LogP contribution in [0.25, 0.3) is 11.3 Å². The lowest BCUT2D eigenvalue weighted by Crippen LogP contribution is -2.11. The van der Waals surface area contributed by atoms with Crippen LogP contribution in [-0.4, -0.2) is 9.97 Å². The highest BCUT2D eigenvalue weighted by Gasteiger charge is 2.35. The molecule has 0 N–H and O–H groups in total. The average Bonchev–Trinajstić information content (AvgIpc) is 2.26. The molecule has 1 heterocycles. The lowest BCUT2D eigenvalue weighted by Gasteiger charge is -2.09. The van der Waals surface area contributed by atoms with Gasteiger partial charge in [0.25, 0.3) is 0 Å². The number of rotatable bonds is 1. The highest BCUT2D eigenvalue weighted by atomic mass is 35.5. The van der Waals surface area contributed by atoms with E-state index in [-0.39, 0.29) is 15.9 Å². The van der Waals surface area contributed by atoms with Gasteiger partial charge in [-0.15, -0.1) is 0 Å². The molecule has 8 heteroatoms. The molecule has 0 unspecified atom stereocenters. The summed E-state index contributed by atoms with van der Waals surface area (Å²) in [4.78, 5) is 6.56. The quantitative estimate of drug-likeness (QED) is 0.679. The molecular weight excluding hydrogens is 323 g/mol. The Hall–Kier alpha value is -1.04. The van der Waals surface area contributed by atoms with Crippen molar-refractivity contribution >= 4 is 34.8 Å². The largest absolute Gasteiger partial charge is 0.451 e. The summed E-state index contributed by atoms with van der Waals surface area (Å²) in [6, 6.07) is 5.56. The van der Waals surface area contributed by atoms with E-state index >= 15 is 0 Å². The van der Waals surface area contributed by atoms with E-state index in [1.54, 1.807) is 0 Å². The van der Waals surface area contributed by atoms with Crippen molar-refractivity contribution in [2.24, 2.45) is 0 Å². The standard InChI is InChI=1S/C11H4Cl3F3N2/c12-5-1-2-6(7(13)3-5)8-4-9(14)19-10(18-8)11(15,16)17/h1-4H. The van der Waals surface area contributed by atoms with Crippen LogP contribution in [0.3, 0.4) is 0 Å². The summed E-state index contributed by atoms with van der Waals surface area (Å²) in [5.41, 5.74) is 0.273. The van der Waals surface area contributed by atoms with E-state index in [1.807, 2.05) is 0 Å². The zero-order chi connectivity index (χ0) is 14.2. The van der Waals surface area contributed by atoms with Gasteiger partial charge in [0.15, 0.2) is 0 Å². The first-order chi connectivity index (χ1) is 8.77. The molecule has 0 fully saturated rings. The molecule has 19 heavy (non-hydrogen) atoms. The van der Waals surface area contributed by atoms with Crippen molar-refractivity contribution in [2.75, 3.05) is 0 Å². The van der Waals surface area contributed by atoms with Gasteiger partial charge in [0.05, 0.1) is 10.7 Å². The highest BCUT2D eigenvalue weighted by molar-refractivity contribution is 6.36. The Balaban J connectivity index is 2.59. The van der Waals surface area contributed by atoms with Crippen LogP contribution >= 0.6 is 34.8 Å². The monoisotopic (exact) mass is 326 g/mol. The lowest BCUT2D eigenvalue weighted by molar-refractivity contribution is -0.144. The van der Waals surface area contributed by atoms with Crippen LogP contribution in [-0.2, 0) is 6.18 Å². The molecule has 2 nitrogen and oxygen atoms in total. The van der Waals surface area contributed by atoms with Gasteiger partial charge in [0, 0.05) is 16.7 Å². The Morgan fingerprint density at radius 2 is 1.63 bits per heavy atom. The molecule has 100 valence electrons. The summed E-state index contributed by atoms with van der Waals surface area (Å²) in [6.45, 7) is 0. The maximum Gasteiger partial charge on any atom is 0.451 e. The van der Waals surface area contributed by atoms with Gasteiger partial charge in [-0.25, -0.2) is 9.97 Å². The van der Waals surface area contributed by atoms with Crippen LogP contribution in [0.15, 0.2) is 24.3 Å². The third-order valence-corrected chi connectivity index (χ3v) is 2.90. The minimum atomic E-state index is -4.68. The maximum absolute atomic E-state index is 12.6. The predicted molar refractivity (Wildman–Crippen MR) is 67.5 cm³/mol. The third-order valence-electron chi connectivity index (χ3n) is 2.16. The van der Waals surface area contributed by atoms with E-state index < -0.39 is 12.0 Å². The Labute approximate surface area is 121 Å². The van der Waals surface area contributed by atoms with Crippen molar-refractivity contribution in [1.29, 1.82) is 0 Å². The van der Waals surface area contributed by atoms with Gasteiger partial charge in [-0.2, -0.15) is 13.2 Å². The van der Waals surface area contributed by atoms with Crippen molar-refractivity contribution in [3.8, 4) is 11.3 Å². The van der Waals surface area contributed by atoms with Crippen LogP contribution in [0.5, 0.6) is 0 Å². The van der Waals surface area contributed by atoms with E-state index in [1.165, 1.54) is 24.3 Å². The van der Waals surface area contributed by atoms with E-state index in [2.05, 4.69) is 9.97 Å². The lowest BCUT2D eigenvalue weighted by atomic mass is 10.1. The predicted octanol–water partition coefficient (Wildman–Crippen LogP) is 5.12. The molecule has 0 spiro atoms. The van der Waals surface area contributed by atoms with Crippen LogP contribution in [0.1, 0.15) is 5.82 Å². The summed E-state index contributed by atoms with van der Waals surface area (Å²) in [7, 11) is 0. The first-order valence-electron chi connectivity index (χ1n) is 4.84. The summed E-state index contributed by atoms with van der Waals surface area (Å²) >= 11 is 17.2. The zero-order valence-electron chi connectivity index (χ0n) is 8.97. The first kappa shape index (κ1) is 14.4. The number of aromatic nitrogens is 2. The van der Waals surface area contributed by atoms with E-state index in [0.717, 1.165) is 0 Å². The fourth-order valence-electron chi connectivity index (χ4n) is 1.38. The van der Waals surface area contributed by atoms with Crippen LogP contribution in [0, 0.1) is 0 Å². The summed E-state index contributed by atoms with van der Waals surface area (Å²) in [6.07, 6.45) is -4.68. The molecule has 0 saturated carbocycles. The number of alkyl halides is 3. The molecule has 1 aromatic carbocycles. The second-order valence-electron chi connectivity index (χ2n) is 3.52. The van der Waals surface area contributed by atoms with Crippen molar-refractivity contribution in [3.63, 3.8) is 0 Å². The molecule has 0 saturated heterocycles. The van der Waals surface area contributed by atoms with Gasteiger partial charge >= 0.3 is 6.18 Å². The Morgan fingerprint density at radius 3 is 2.21 bits per heavy atom. The highest BCUT2D eigenvalue weighted by Crippen LogP contribution is 2.33. The van der Waals surface area contributed by atoms with Crippen molar-refractivity contribution in [1.82, 2.24) is 9.97 Å². The van der Waals surface area contributed by atoms with Gasteiger partial charge < -0.3 is 0 Å². The molecule has 0 aliphatic rings. The molecular formula is C11H4Cl3F3N2. The molecule has 0 bridgehead atoms. The minimum Gasteiger partial charge on any atom is -0.224 e. The molecule has 0 amide bonds. The van der Waals surface area contributed by atoms with Gasteiger partial charge in [-0.05, 0) is 18.2 Å². The second-order valence-corrected chi connectivity index (χ2v) is 4.75. The number of hydrogen-bond acceptors (Lipinski definition) is 2. The van der Waals surface area contributed by atoms with Crippen molar-refractivity contribution in [3.05, 3.63) is 45.3 Å². The Kier molecular flexibility index (Phi) is 3.90. The van der Waals surface area contributed by atoms with Crippen LogP contribution < -0.4 is 0 Å². The normalized spacial score (nSPS) is 11.7. The molecule has 0 aliphatic carbocycles. The SMILES string of the molecule is FC(F)(F)c1nc(Cl)cc(-c2ccc(Cl)cc2Cl)n1. The first-order valence-corrected chi connectivity index (χ1v) is 5.98. The van der Waals surface area contributed by atoms with Gasteiger partial charge in [0.1, 0.15) is 5.15 Å². The average molecular weight is 328 g/mol. The number of nitrogens with zero attached hydrogens (tertiary/aromatic N) is 2. The van der Waals surface area contributed by atoms with Crippen molar-refractivity contribution in [2.45, 2.75) is 6.18 Å². The Morgan fingerprint density at radius 1 is 0.947 bits per heavy atom. The molecule has 1 aromatic heterocycles. The number of benzene rings is 1. The van der Waals surface area contributed by atoms with E-state index in [9.17, 15) is 13.2 Å². The molecule has 0 atom stereocenters. The topological polar surface area (TPSA) is 25.8 Å². The van der Waals surface area contributed by atoms with Crippen LogP contribution in [0.4, 0.5) is 13.2 Å². The van der Waals surface area contributed by atoms with E-state index in [0.29, 0.717) is 10.6 Å². The maximum atomic E-state index is 12.6. The smallest absolute Gasteiger partial charge is 0.224 e. The van der Waals surface area contributed by atoms with E-state index in [4.69, 9.17) is 34.8 Å².